The average Bonchev–Trinajstić information content (AvgIpc) is 2.57. The summed E-state index contributed by atoms with van der Waals surface area (Å²) in [5, 5.41) is 0. The smallest absolute Gasteiger partial charge is 0.150 e. The van der Waals surface area contributed by atoms with Gasteiger partial charge in [0.05, 0.1) is 0 Å². The second-order valence-electron chi connectivity index (χ2n) is 5.00. The molecule has 2 rings (SSSR count). The fourth-order valence-corrected chi connectivity index (χ4v) is 2.24. The van der Waals surface area contributed by atoms with Gasteiger partial charge in [-0.15, -0.1) is 0 Å². The van der Waals surface area contributed by atoms with Gasteiger partial charge in [0, 0.05) is 11.5 Å². The Morgan fingerprint density at radius 3 is 2.17 bits per heavy atom. The number of anilines is 1. The van der Waals surface area contributed by atoms with E-state index in [1.165, 1.54) is 4.68 Å². The normalized spacial score (nSPS) is 11.2. The van der Waals surface area contributed by atoms with Crippen molar-refractivity contribution < 1.29 is 0 Å². The van der Waals surface area contributed by atoms with Gasteiger partial charge >= 0.3 is 0 Å². The lowest BCUT2D eigenvalue weighted by molar-refractivity contribution is 0.739. The molecule has 18 heavy (non-hydrogen) atoms. The highest BCUT2D eigenvalue weighted by Gasteiger charge is 2.19. The molecule has 0 spiro atoms. The Kier molecular flexibility index (Phi) is 3.03. The van der Waals surface area contributed by atoms with Gasteiger partial charge in [0.15, 0.2) is 5.82 Å². The summed E-state index contributed by atoms with van der Waals surface area (Å²) in [5.41, 5.74) is 10.3. The molecule has 0 saturated carbocycles. The first-order valence-electron chi connectivity index (χ1n) is 6.13. The van der Waals surface area contributed by atoms with Crippen LogP contribution in [0.3, 0.4) is 0 Å². The molecule has 0 amide bonds. The molecule has 1 aromatic heterocycles. The summed E-state index contributed by atoms with van der Waals surface area (Å²) >= 11 is 0. The zero-order valence-electron chi connectivity index (χ0n) is 11.4. The van der Waals surface area contributed by atoms with Crippen LogP contribution in [0.5, 0.6) is 0 Å². The van der Waals surface area contributed by atoms with Crippen molar-refractivity contribution in [2.24, 2.45) is 0 Å². The fourth-order valence-electron chi connectivity index (χ4n) is 2.24. The Hall–Kier alpha value is -1.97. The van der Waals surface area contributed by atoms with E-state index in [0.29, 0.717) is 5.82 Å². The number of nitrogen functional groups attached to an aromatic ring is 2. The molecule has 4 heteroatoms. The zero-order valence-corrected chi connectivity index (χ0v) is 11.4. The Morgan fingerprint density at radius 1 is 1.17 bits per heavy atom. The molecule has 1 aromatic carbocycles. The molecule has 1 heterocycles. The van der Waals surface area contributed by atoms with Crippen molar-refractivity contribution in [1.82, 2.24) is 9.66 Å². The van der Waals surface area contributed by atoms with E-state index in [1.807, 2.05) is 6.07 Å². The van der Waals surface area contributed by atoms with Crippen LogP contribution in [0.2, 0.25) is 0 Å². The minimum absolute atomic E-state index is 0.246. The van der Waals surface area contributed by atoms with E-state index in [-0.39, 0.29) is 5.92 Å². The third kappa shape index (κ3) is 1.83. The van der Waals surface area contributed by atoms with Crippen LogP contribution in [-0.2, 0) is 0 Å². The first kappa shape index (κ1) is 12.5. The van der Waals surface area contributed by atoms with E-state index in [1.54, 1.807) is 0 Å². The Morgan fingerprint density at radius 2 is 1.72 bits per heavy atom. The van der Waals surface area contributed by atoms with Gasteiger partial charge in [-0.05, 0) is 25.0 Å². The first-order valence-corrected chi connectivity index (χ1v) is 6.13. The van der Waals surface area contributed by atoms with E-state index < -0.39 is 0 Å². The molecular weight excluding hydrogens is 224 g/mol. The molecule has 0 radical (unpaired) electrons. The summed E-state index contributed by atoms with van der Waals surface area (Å²) < 4.78 is 1.49. The van der Waals surface area contributed by atoms with Crippen LogP contribution in [0, 0.1) is 13.8 Å². The molecule has 0 atom stereocenters. The second-order valence-corrected chi connectivity index (χ2v) is 5.00. The van der Waals surface area contributed by atoms with Crippen molar-refractivity contribution in [3.63, 3.8) is 0 Å². The molecule has 0 aliphatic heterocycles. The van der Waals surface area contributed by atoms with Gasteiger partial charge in [-0.1, -0.05) is 32.0 Å². The van der Waals surface area contributed by atoms with Gasteiger partial charge in [0.25, 0.3) is 0 Å². The average molecular weight is 244 g/mol. The van der Waals surface area contributed by atoms with Crippen molar-refractivity contribution in [2.45, 2.75) is 33.6 Å². The molecule has 2 aromatic rings. The van der Waals surface area contributed by atoms with Crippen LogP contribution in [0.1, 0.15) is 36.7 Å². The number of aryl methyl sites for hydroxylation is 2. The summed E-state index contributed by atoms with van der Waals surface area (Å²) in [4.78, 5) is 4.61. The highest BCUT2D eigenvalue weighted by atomic mass is 15.4. The SMILES string of the molecule is Cc1cccc(C)c1-c1nc(C(C)C)n(N)c1N. The van der Waals surface area contributed by atoms with Gasteiger partial charge in [-0.25, -0.2) is 9.66 Å². The third-order valence-corrected chi connectivity index (χ3v) is 3.21. The molecule has 0 fully saturated rings. The van der Waals surface area contributed by atoms with E-state index >= 15 is 0 Å². The maximum absolute atomic E-state index is 6.09. The minimum atomic E-state index is 0.246. The van der Waals surface area contributed by atoms with Gasteiger partial charge in [-0.2, -0.15) is 0 Å². The lowest BCUT2D eigenvalue weighted by atomic mass is 10.0. The van der Waals surface area contributed by atoms with E-state index in [0.717, 1.165) is 28.2 Å². The molecular formula is C14H20N4. The Bertz CT molecular complexity index is 561. The van der Waals surface area contributed by atoms with Crippen molar-refractivity contribution >= 4 is 5.82 Å². The van der Waals surface area contributed by atoms with Gasteiger partial charge in [0.1, 0.15) is 11.5 Å². The van der Waals surface area contributed by atoms with Crippen LogP contribution in [0.15, 0.2) is 18.2 Å². The summed E-state index contributed by atoms with van der Waals surface area (Å²) in [7, 11) is 0. The topological polar surface area (TPSA) is 69.9 Å². The lowest BCUT2D eigenvalue weighted by Crippen LogP contribution is -2.16. The van der Waals surface area contributed by atoms with Crippen molar-refractivity contribution in [1.29, 1.82) is 0 Å². The number of aromatic nitrogens is 2. The molecule has 0 aliphatic carbocycles. The highest BCUT2D eigenvalue weighted by Crippen LogP contribution is 2.32. The van der Waals surface area contributed by atoms with E-state index in [9.17, 15) is 0 Å². The second kappa shape index (κ2) is 4.37. The number of benzene rings is 1. The Balaban J connectivity index is 2.69. The first-order chi connectivity index (χ1) is 8.43. The van der Waals surface area contributed by atoms with Crippen molar-refractivity contribution in [2.75, 3.05) is 11.6 Å². The number of hydrogen-bond acceptors (Lipinski definition) is 3. The number of nitrogens with two attached hydrogens (primary N) is 2. The van der Waals surface area contributed by atoms with E-state index in [4.69, 9.17) is 11.6 Å². The maximum atomic E-state index is 6.09. The maximum Gasteiger partial charge on any atom is 0.150 e. The molecule has 96 valence electrons. The zero-order chi connectivity index (χ0) is 13.4. The predicted molar refractivity (Wildman–Crippen MR) is 75.8 cm³/mol. The summed E-state index contributed by atoms with van der Waals surface area (Å²) in [6, 6.07) is 6.16. The quantitative estimate of drug-likeness (QED) is 0.798. The van der Waals surface area contributed by atoms with Crippen LogP contribution in [0.25, 0.3) is 11.3 Å². The minimum Gasteiger partial charge on any atom is -0.382 e. The number of rotatable bonds is 2. The van der Waals surface area contributed by atoms with Crippen molar-refractivity contribution in [3.05, 3.63) is 35.2 Å². The molecule has 4 nitrogen and oxygen atoms in total. The highest BCUT2D eigenvalue weighted by molar-refractivity contribution is 5.76. The molecule has 0 bridgehead atoms. The fraction of sp³-hybridized carbons (Fsp3) is 0.357. The Labute approximate surface area is 108 Å². The largest absolute Gasteiger partial charge is 0.382 e. The van der Waals surface area contributed by atoms with Crippen LogP contribution >= 0.6 is 0 Å². The number of imidazole rings is 1. The number of hydrogen-bond donors (Lipinski definition) is 2. The summed E-state index contributed by atoms with van der Waals surface area (Å²) in [6.45, 7) is 8.23. The van der Waals surface area contributed by atoms with Crippen LogP contribution < -0.4 is 11.6 Å². The monoisotopic (exact) mass is 244 g/mol. The molecule has 0 aliphatic rings. The predicted octanol–water partition coefficient (Wildman–Crippen LogP) is 2.59. The summed E-state index contributed by atoms with van der Waals surface area (Å²) in [6.07, 6.45) is 0. The van der Waals surface area contributed by atoms with Crippen LogP contribution in [-0.4, -0.2) is 9.66 Å². The molecule has 4 N–H and O–H groups in total. The molecule has 0 saturated heterocycles. The van der Waals surface area contributed by atoms with Crippen LogP contribution in [0.4, 0.5) is 5.82 Å². The lowest BCUT2D eigenvalue weighted by Gasteiger charge is -2.07. The van der Waals surface area contributed by atoms with Crippen molar-refractivity contribution in [3.8, 4) is 11.3 Å². The third-order valence-electron chi connectivity index (χ3n) is 3.21. The van der Waals surface area contributed by atoms with Gasteiger partial charge in [0.2, 0.25) is 0 Å². The van der Waals surface area contributed by atoms with Gasteiger partial charge in [-0.3, -0.25) is 0 Å². The standard InChI is InChI=1S/C14H20N4/c1-8(2)14-17-12(13(15)18(14)16)11-9(3)6-5-7-10(11)4/h5-8H,15-16H2,1-4H3. The number of nitrogens with zero attached hydrogens (tertiary/aromatic N) is 2. The summed E-state index contributed by atoms with van der Waals surface area (Å²) in [5.74, 6) is 7.55. The molecule has 0 unspecified atom stereocenters. The van der Waals surface area contributed by atoms with Gasteiger partial charge < -0.3 is 11.6 Å². The van der Waals surface area contributed by atoms with E-state index in [2.05, 4.69) is 44.8 Å².